The largest absolute Gasteiger partial charge is 0.341 e. The number of likely N-dealkylation sites (tertiary alicyclic amines) is 1. The molecule has 2 rings (SSSR count). The summed E-state index contributed by atoms with van der Waals surface area (Å²) in [7, 11) is 0. The third-order valence-corrected chi connectivity index (χ3v) is 4.09. The average molecular weight is 224 g/mol. The summed E-state index contributed by atoms with van der Waals surface area (Å²) in [4.78, 5) is 13.6. The van der Waals surface area contributed by atoms with Gasteiger partial charge in [0.05, 0.1) is 0 Å². The number of carbonyl (C=O) groups excluding carboxylic acids is 1. The van der Waals surface area contributed by atoms with Gasteiger partial charge in [-0.15, -0.1) is 0 Å². The Labute approximate surface area is 98.4 Å². The van der Waals surface area contributed by atoms with E-state index in [-0.39, 0.29) is 6.04 Å². The standard InChI is InChI=1S/C13H24N2O/c1-10-7-13(16)15(8-10)9-12(14)11-5-3-2-4-6-11/h10-12H,2-9,14H2,1H3. The van der Waals surface area contributed by atoms with Crippen LogP contribution in [0.25, 0.3) is 0 Å². The summed E-state index contributed by atoms with van der Waals surface area (Å²) in [5.74, 6) is 1.47. The third-order valence-electron chi connectivity index (χ3n) is 4.09. The minimum atomic E-state index is 0.203. The van der Waals surface area contributed by atoms with Crippen LogP contribution in [0, 0.1) is 11.8 Å². The Morgan fingerprint density at radius 2 is 2.06 bits per heavy atom. The molecule has 0 aromatic carbocycles. The van der Waals surface area contributed by atoms with Crippen LogP contribution in [-0.2, 0) is 4.79 Å². The minimum absolute atomic E-state index is 0.203. The van der Waals surface area contributed by atoms with Crippen LogP contribution in [0.5, 0.6) is 0 Å². The van der Waals surface area contributed by atoms with Crippen molar-refractivity contribution in [1.82, 2.24) is 4.90 Å². The van der Waals surface area contributed by atoms with Crippen LogP contribution in [0.4, 0.5) is 0 Å². The Balaban J connectivity index is 1.81. The Morgan fingerprint density at radius 1 is 1.38 bits per heavy atom. The summed E-state index contributed by atoms with van der Waals surface area (Å²) in [6.07, 6.45) is 7.25. The molecule has 2 atom stereocenters. The molecule has 3 nitrogen and oxygen atoms in total. The predicted molar refractivity (Wildman–Crippen MR) is 64.9 cm³/mol. The van der Waals surface area contributed by atoms with Gasteiger partial charge >= 0.3 is 0 Å². The smallest absolute Gasteiger partial charge is 0.222 e. The number of amides is 1. The first kappa shape index (κ1) is 11.9. The molecule has 1 heterocycles. The van der Waals surface area contributed by atoms with Crippen LogP contribution < -0.4 is 5.73 Å². The molecule has 0 radical (unpaired) electrons. The molecule has 2 fully saturated rings. The monoisotopic (exact) mass is 224 g/mol. The summed E-state index contributed by atoms with van der Waals surface area (Å²) in [6, 6.07) is 0.203. The lowest BCUT2D eigenvalue weighted by Gasteiger charge is -2.30. The molecule has 2 aliphatic rings. The Morgan fingerprint density at radius 3 is 2.62 bits per heavy atom. The van der Waals surface area contributed by atoms with Crippen molar-refractivity contribution in [3.8, 4) is 0 Å². The molecule has 0 spiro atoms. The van der Waals surface area contributed by atoms with Crippen LogP contribution in [0.3, 0.4) is 0 Å². The van der Waals surface area contributed by atoms with Gasteiger partial charge in [0.15, 0.2) is 0 Å². The highest BCUT2D eigenvalue weighted by atomic mass is 16.2. The lowest BCUT2D eigenvalue weighted by atomic mass is 9.84. The average Bonchev–Trinajstić information content (AvgIpc) is 2.59. The lowest BCUT2D eigenvalue weighted by molar-refractivity contribution is -0.128. The Bertz CT molecular complexity index is 248. The summed E-state index contributed by atoms with van der Waals surface area (Å²) >= 11 is 0. The topological polar surface area (TPSA) is 46.3 Å². The van der Waals surface area contributed by atoms with Crippen LogP contribution in [0.15, 0.2) is 0 Å². The highest BCUT2D eigenvalue weighted by Gasteiger charge is 2.30. The highest BCUT2D eigenvalue weighted by molar-refractivity contribution is 5.78. The second-order valence-corrected chi connectivity index (χ2v) is 5.67. The molecule has 0 bridgehead atoms. The van der Waals surface area contributed by atoms with E-state index < -0.39 is 0 Å². The molecule has 0 aromatic rings. The van der Waals surface area contributed by atoms with Gasteiger partial charge in [0.1, 0.15) is 0 Å². The van der Waals surface area contributed by atoms with Crippen molar-refractivity contribution >= 4 is 5.91 Å². The van der Waals surface area contributed by atoms with Crippen molar-refractivity contribution in [2.75, 3.05) is 13.1 Å². The SMILES string of the molecule is CC1CC(=O)N(CC(N)C2CCCCC2)C1. The van der Waals surface area contributed by atoms with E-state index in [9.17, 15) is 4.79 Å². The fraction of sp³-hybridized carbons (Fsp3) is 0.923. The second kappa shape index (κ2) is 5.17. The normalized spacial score (nSPS) is 29.8. The van der Waals surface area contributed by atoms with Gasteiger partial charge in [0.2, 0.25) is 5.91 Å². The number of hydrogen-bond donors (Lipinski definition) is 1. The second-order valence-electron chi connectivity index (χ2n) is 5.67. The molecule has 2 N–H and O–H groups in total. The molecule has 3 heteroatoms. The number of nitrogens with two attached hydrogens (primary N) is 1. The van der Waals surface area contributed by atoms with Gasteiger partial charge in [0.25, 0.3) is 0 Å². The van der Waals surface area contributed by atoms with Gasteiger partial charge in [-0.2, -0.15) is 0 Å². The molecule has 1 aliphatic heterocycles. The van der Waals surface area contributed by atoms with Crippen molar-refractivity contribution in [3.05, 3.63) is 0 Å². The molecular weight excluding hydrogens is 200 g/mol. The molecule has 1 aliphatic carbocycles. The van der Waals surface area contributed by atoms with E-state index in [1.165, 1.54) is 32.1 Å². The maximum atomic E-state index is 11.7. The minimum Gasteiger partial charge on any atom is -0.341 e. The summed E-state index contributed by atoms with van der Waals surface area (Å²) in [5.41, 5.74) is 6.24. The Hall–Kier alpha value is -0.570. The first-order chi connectivity index (χ1) is 7.66. The van der Waals surface area contributed by atoms with Crippen molar-refractivity contribution in [2.45, 2.75) is 51.5 Å². The molecular formula is C13H24N2O. The zero-order valence-electron chi connectivity index (χ0n) is 10.3. The van der Waals surface area contributed by atoms with Gasteiger partial charge in [-0.25, -0.2) is 0 Å². The van der Waals surface area contributed by atoms with Crippen LogP contribution in [0.2, 0.25) is 0 Å². The summed E-state index contributed by atoms with van der Waals surface area (Å²) in [6.45, 7) is 3.84. The van der Waals surface area contributed by atoms with Gasteiger partial charge in [-0.1, -0.05) is 26.2 Å². The maximum absolute atomic E-state index is 11.7. The fourth-order valence-electron chi connectivity index (χ4n) is 3.11. The molecule has 0 aromatic heterocycles. The molecule has 1 amide bonds. The van der Waals surface area contributed by atoms with E-state index >= 15 is 0 Å². The zero-order valence-corrected chi connectivity index (χ0v) is 10.3. The van der Waals surface area contributed by atoms with E-state index in [1.54, 1.807) is 0 Å². The van der Waals surface area contributed by atoms with E-state index in [0.29, 0.717) is 17.7 Å². The van der Waals surface area contributed by atoms with E-state index in [0.717, 1.165) is 19.5 Å². The van der Waals surface area contributed by atoms with Crippen LogP contribution in [-0.4, -0.2) is 29.9 Å². The van der Waals surface area contributed by atoms with E-state index in [2.05, 4.69) is 6.92 Å². The van der Waals surface area contributed by atoms with Crippen molar-refractivity contribution < 1.29 is 4.79 Å². The summed E-state index contributed by atoms with van der Waals surface area (Å²) < 4.78 is 0. The van der Waals surface area contributed by atoms with Crippen molar-refractivity contribution in [3.63, 3.8) is 0 Å². The lowest BCUT2D eigenvalue weighted by Crippen LogP contribution is -2.43. The van der Waals surface area contributed by atoms with Gasteiger partial charge in [0, 0.05) is 25.6 Å². The Kier molecular flexibility index (Phi) is 3.85. The number of carbonyl (C=O) groups is 1. The molecule has 1 saturated carbocycles. The quantitative estimate of drug-likeness (QED) is 0.794. The number of nitrogens with zero attached hydrogens (tertiary/aromatic N) is 1. The first-order valence-corrected chi connectivity index (χ1v) is 6.70. The van der Waals surface area contributed by atoms with Gasteiger partial charge in [-0.05, 0) is 24.7 Å². The third kappa shape index (κ3) is 2.76. The maximum Gasteiger partial charge on any atom is 0.222 e. The zero-order chi connectivity index (χ0) is 11.5. The van der Waals surface area contributed by atoms with Gasteiger partial charge in [-0.3, -0.25) is 4.79 Å². The molecule has 16 heavy (non-hydrogen) atoms. The molecule has 1 saturated heterocycles. The molecule has 92 valence electrons. The van der Waals surface area contributed by atoms with Crippen LogP contribution >= 0.6 is 0 Å². The number of rotatable bonds is 3. The summed E-state index contributed by atoms with van der Waals surface area (Å²) in [5, 5.41) is 0. The van der Waals surface area contributed by atoms with E-state index in [4.69, 9.17) is 5.73 Å². The van der Waals surface area contributed by atoms with Crippen molar-refractivity contribution in [2.24, 2.45) is 17.6 Å². The molecule has 2 unspecified atom stereocenters. The first-order valence-electron chi connectivity index (χ1n) is 6.70. The van der Waals surface area contributed by atoms with E-state index in [1.807, 2.05) is 4.90 Å². The van der Waals surface area contributed by atoms with Crippen molar-refractivity contribution in [1.29, 1.82) is 0 Å². The van der Waals surface area contributed by atoms with Gasteiger partial charge < -0.3 is 10.6 Å². The number of hydrogen-bond acceptors (Lipinski definition) is 2. The van der Waals surface area contributed by atoms with Crippen LogP contribution in [0.1, 0.15) is 45.4 Å². The predicted octanol–water partition coefficient (Wildman–Crippen LogP) is 1.76. The fourth-order valence-corrected chi connectivity index (χ4v) is 3.11. The highest BCUT2D eigenvalue weighted by Crippen LogP contribution is 2.27.